The number of unbranched alkanes of at least 4 members (excludes halogenated alkanes) is 15. The number of hydrogen-bond acceptors (Lipinski definition) is 1. The van der Waals surface area contributed by atoms with E-state index in [1.165, 1.54) is 114 Å². The third-order valence-corrected chi connectivity index (χ3v) is 5.51. The van der Waals surface area contributed by atoms with E-state index in [1.807, 2.05) is 6.08 Å². The van der Waals surface area contributed by atoms with Crippen LogP contribution in [0.3, 0.4) is 0 Å². The SMILES string of the molecule is C=Cc1ccc(NCCCCCCCCCCCCCCCCCC)cc1. The molecule has 1 rings (SSSR count). The van der Waals surface area contributed by atoms with Gasteiger partial charge in [0, 0.05) is 12.2 Å². The highest BCUT2D eigenvalue weighted by atomic mass is 14.9. The lowest BCUT2D eigenvalue weighted by atomic mass is 10.0. The molecule has 0 radical (unpaired) electrons. The molecule has 1 aromatic rings. The summed E-state index contributed by atoms with van der Waals surface area (Å²) in [6.07, 6.45) is 24.7. The van der Waals surface area contributed by atoms with Crippen LogP contribution in [0.5, 0.6) is 0 Å². The van der Waals surface area contributed by atoms with Gasteiger partial charge in [0.15, 0.2) is 0 Å². The van der Waals surface area contributed by atoms with Crippen molar-refractivity contribution in [2.75, 3.05) is 11.9 Å². The quantitative estimate of drug-likeness (QED) is 0.239. The lowest BCUT2D eigenvalue weighted by Gasteiger charge is -2.07. The van der Waals surface area contributed by atoms with E-state index in [-0.39, 0.29) is 0 Å². The normalized spacial score (nSPS) is 10.9. The molecule has 0 saturated heterocycles. The van der Waals surface area contributed by atoms with Gasteiger partial charge in [-0.15, -0.1) is 0 Å². The molecule has 0 heterocycles. The number of benzene rings is 1. The molecule has 0 bridgehead atoms. The second-order valence-electron chi connectivity index (χ2n) is 8.06. The second-order valence-corrected chi connectivity index (χ2v) is 8.06. The minimum atomic E-state index is 1.09. The molecule has 0 aliphatic carbocycles. The molecular formula is C26H45N. The number of hydrogen-bond donors (Lipinski definition) is 1. The molecular weight excluding hydrogens is 326 g/mol. The molecule has 0 fully saturated rings. The van der Waals surface area contributed by atoms with Crippen molar-refractivity contribution >= 4 is 11.8 Å². The van der Waals surface area contributed by atoms with Gasteiger partial charge in [-0.25, -0.2) is 0 Å². The molecule has 0 spiro atoms. The Hall–Kier alpha value is -1.24. The summed E-state index contributed by atoms with van der Waals surface area (Å²) < 4.78 is 0. The Morgan fingerprint density at radius 3 is 1.44 bits per heavy atom. The van der Waals surface area contributed by atoms with Gasteiger partial charge in [-0.2, -0.15) is 0 Å². The fourth-order valence-electron chi connectivity index (χ4n) is 3.64. The van der Waals surface area contributed by atoms with E-state index in [2.05, 4.69) is 43.1 Å². The highest BCUT2D eigenvalue weighted by Gasteiger charge is 1.95. The van der Waals surface area contributed by atoms with Crippen molar-refractivity contribution in [1.29, 1.82) is 0 Å². The van der Waals surface area contributed by atoms with E-state index in [4.69, 9.17) is 0 Å². The van der Waals surface area contributed by atoms with E-state index >= 15 is 0 Å². The Bertz CT molecular complexity index is 434. The minimum Gasteiger partial charge on any atom is -0.385 e. The molecule has 0 unspecified atom stereocenters. The van der Waals surface area contributed by atoms with Crippen LogP contribution in [-0.2, 0) is 0 Å². The number of rotatable bonds is 19. The van der Waals surface area contributed by atoms with Gasteiger partial charge in [0.1, 0.15) is 0 Å². The van der Waals surface area contributed by atoms with Crippen LogP contribution in [0.15, 0.2) is 30.8 Å². The van der Waals surface area contributed by atoms with Crippen LogP contribution >= 0.6 is 0 Å². The topological polar surface area (TPSA) is 12.0 Å². The maximum atomic E-state index is 3.79. The summed E-state index contributed by atoms with van der Waals surface area (Å²) in [7, 11) is 0. The smallest absolute Gasteiger partial charge is 0.0340 e. The van der Waals surface area contributed by atoms with Crippen LogP contribution in [0.1, 0.15) is 115 Å². The zero-order valence-corrected chi connectivity index (χ0v) is 18.1. The van der Waals surface area contributed by atoms with Gasteiger partial charge in [0.2, 0.25) is 0 Å². The summed E-state index contributed by atoms with van der Waals surface area (Å²) in [6.45, 7) is 7.17. The summed E-state index contributed by atoms with van der Waals surface area (Å²) in [5.74, 6) is 0. The maximum Gasteiger partial charge on any atom is 0.0340 e. The van der Waals surface area contributed by atoms with Crippen LogP contribution in [0.2, 0.25) is 0 Å². The molecule has 0 aliphatic heterocycles. The van der Waals surface area contributed by atoms with Crippen molar-refractivity contribution < 1.29 is 0 Å². The van der Waals surface area contributed by atoms with Crippen LogP contribution < -0.4 is 5.32 Å². The first-order valence-electron chi connectivity index (χ1n) is 11.8. The number of nitrogens with one attached hydrogen (secondary N) is 1. The fraction of sp³-hybridized carbons (Fsp3) is 0.692. The molecule has 0 aromatic heterocycles. The van der Waals surface area contributed by atoms with Crippen LogP contribution in [0.25, 0.3) is 6.08 Å². The predicted octanol–water partition coefficient (Wildman–Crippen LogP) is 9.00. The third-order valence-electron chi connectivity index (χ3n) is 5.51. The molecule has 1 N–H and O–H groups in total. The molecule has 0 atom stereocenters. The van der Waals surface area contributed by atoms with Gasteiger partial charge in [-0.1, -0.05) is 128 Å². The highest BCUT2D eigenvalue weighted by Crippen LogP contribution is 2.14. The van der Waals surface area contributed by atoms with Crippen LogP contribution in [0.4, 0.5) is 5.69 Å². The van der Waals surface area contributed by atoms with Crippen LogP contribution in [0, 0.1) is 0 Å². The lowest BCUT2D eigenvalue weighted by molar-refractivity contribution is 0.530. The third kappa shape index (κ3) is 14.5. The number of anilines is 1. The molecule has 1 aromatic carbocycles. The van der Waals surface area contributed by atoms with Crippen molar-refractivity contribution in [3.63, 3.8) is 0 Å². The predicted molar refractivity (Wildman–Crippen MR) is 125 cm³/mol. The standard InChI is InChI=1S/C26H45N/c1-3-5-6-7-8-9-10-11-12-13-14-15-16-17-18-19-24-27-26-22-20-25(4-2)21-23-26/h4,20-23,27H,2-3,5-19,24H2,1H3. The van der Waals surface area contributed by atoms with Gasteiger partial charge in [0.25, 0.3) is 0 Å². The summed E-state index contributed by atoms with van der Waals surface area (Å²) in [4.78, 5) is 0. The van der Waals surface area contributed by atoms with Crippen molar-refractivity contribution in [2.24, 2.45) is 0 Å². The Morgan fingerprint density at radius 2 is 1.04 bits per heavy atom. The summed E-state index contributed by atoms with van der Waals surface area (Å²) >= 11 is 0. The van der Waals surface area contributed by atoms with Crippen molar-refractivity contribution in [1.82, 2.24) is 0 Å². The van der Waals surface area contributed by atoms with E-state index < -0.39 is 0 Å². The first-order chi connectivity index (χ1) is 13.4. The van der Waals surface area contributed by atoms with Crippen molar-refractivity contribution in [2.45, 2.75) is 110 Å². The average molecular weight is 372 g/mol. The monoisotopic (exact) mass is 371 g/mol. The van der Waals surface area contributed by atoms with Crippen LogP contribution in [-0.4, -0.2) is 6.54 Å². The summed E-state index contributed by atoms with van der Waals surface area (Å²) in [5.41, 5.74) is 2.41. The first kappa shape index (κ1) is 23.8. The Morgan fingerprint density at radius 1 is 0.630 bits per heavy atom. The van der Waals surface area contributed by atoms with E-state index in [9.17, 15) is 0 Å². The molecule has 1 nitrogen and oxygen atoms in total. The first-order valence-corrected chi connectivity index (χ1v) is 11.8. The van der Waals surface area contributed by atoms with E-state index in [0.29, 0.717) is 0 Å². The molecule has 0 aliphatic rings. The molecule has 0 saturated carbocycles. The molecule has 0 amide bonds. The highest BCUT2D eigenvalue weighted by molar-refractivity contribution is 5.53. The van der Waals surface area contributed by atoms with Gasteiger partial charge < -0.3 is 5.32 Å². The largest absolute Gasteiger partial charge is 0.385 e. The maximum absolute atomic E-state index is 3.79. The molecule has 154 valence electrons. The second kappa shape index (κ2) is 18.1. The Labute approximate surface area is 170 Å². The Kier molecular flexibility index (Phi) is 16.0. The minimum absolute atomic E-state index is 1.09. The zero-order valence-electron chi connectivity index (χ0n) is 18.1. The average Bonchev–Trinajstić information content (AvgIpc) is 2.70. The van der Waals surface area contributed by atoms with Gasteiger partial charge in [0.05, 0.1) is 0 Å². The Balaban J connectivity index is 1.76. The van der Waals surface area contributed by atoms with Gasteiger partial charge >= 0.3 is 0 Å². The summed E-state index contributed by atoms with van der Waals surface area (Å²) in [5, 5.41) is 3.51. The lowest BCUT2D eigenvalue weighted by Crippen LogP contribution is -2.01. The van der Waals surface area contributed by atoms with Crippen molar-refractivity contribution in [3.05, 3.63) is 36.4 Å². The van der Waals surface area contributed by atoms with Gasteiger partial charge in [-0.3, -0.25) is 0 Å². The zero-order chi connectivity index (χ0) is 19.4. The fourth-order valence-corrected chi connectivity index (χ4v) is 3.64. The van der Waals surface area contributed by atoms with E-state index in [0.717, 1.165) is 6.54 Å². The van der Waals surface area contributed by atoms with Gasteiger partial charge in [-0.05, 0) is 24.1 Å². The molecule has 1 heteroatoms. The van der Waals surface area contributed by atoms with Crippen molar-refractivity contribution in [3.8, 4) is 0 Å². The summed E-state index contributed by atoms with van der Waals surface area (Å²) in [6, 6.07) is 8.51. The van der Waals surface area contributed by atoms with E-state index in [1.54, 1.807) is 0 Å². The molecule has 27 heavy (non-hydrogen) atoms.